The maximum Gasteiger partial charge on any atom is 0.229 e. The first-order valence-electron chi connectivity index (χ1n) is 8.97. The van der Waals surface area contributed by atoms with E-state index in [9.17, 15) is 4.79 Å². The number of anilines is 3. The van der Waals surface area contributed by atoms with Crippen LogP contribution in [0.25, 0.3) is 0 Å². The standard InChI is InChI=1S/C20H22N6O/c1-26-13-14(9-23-26)17-11-21-12-18(17)20(27)25-16-7-8-19(22-10-16)24-15-5-3-2-4-6-15/h2-10,13,17-18,21H,11-12H2,1H3,(H,22,24)(H,25,27)/t17-,18+/m1/s1. The number of pyridine rings is 1. The Kier molecular flexibility index (Phi) is 4.84. The van der Waals surface area contributed by atoms with Crippen molar-refractivity contribution in [1.29, 1.82) is 0 Å². The molecule has 7 heteroatoms. The van der Waals surface area contributed by atoms with E-state index in [4.69, 9.17) is 0 Å². The number of nitrogens with one attached hydrogen (secondary N) is 3. The zero-order valence-corrected chi connectivity index (χ0v) is 15.1. The highest BCUT2D eigenvalue weighted by atomic mass is 16.2. The van der Waals surface area contributed by atoms with Crippen molar-refractivity contribution in [2.24, 2.45) is 13.0 Å². The van der Waals surface area contributed by atoms with E-state index in [1.165, 1.54) is 0 Å². The fraction of sp³-hybridized carbons (Fsp3) is 0.250. The van der Waals surface area contributed by atoms with Gasteiger partial charge < -0.3 is 16.0 Å². The molecule has 1 amide bonds. The van der Waals surface area contributed by atoms with Crippen molar-refractivity contribution in [2.45, 2.75) is 5.92 Å². The van der Waals surface area contributed by atoms with Crippen LogP contribution in [-0.2, 0) is 11.8 Å². The molecule has 2 atom stereocenters. The number of carbonyl (C=O) groups is 1. The lowest BCUT2D eigenvalue weighted by Gasteiger charge is -2.17. The topological polar surface area (TPSA) is 83.9 Å². The van der Waals surface area contributed by atoms with E-state index in [1.807, 2.05) is 61.9 Å². The minimum Gasteiger partial charge on any atom is -0.340 e. The Morgan fingerprint density at radius 3 is 2.67 bits per heavy atom. The zero-order chi connectivity index (χ0) is 18.6. The molecular weight excluding hydrogens is 340 g/mol. The molecule has 4 rings (SSSR count). The third-order valence-corrected chi connectivity index (χ3v) is 4.78. The van der Waals surface area contributed by atoms with Crippen molar-refractivity contribution in [1.82, 2.24) is 20.1 Å². The Bertz CT molecular complexity index is 906. The molecule has 1 aliphatic heterocycles. The van der Waals surface area contributed by atoms with Gasteiger partial charge in [-0.15, -0.1) is 0 Å². The van der Waals surface area contributed by atoms with Crippen molar-refractivity contribution in [3.05, 3.63) is 66.6 Å². The summed E-state index contributed by atoms with van der Waals surface area (Å²) in [7, 11) is 1.89. The second-order valence-corrected chi connectivity index (χ2v) is 6.73. The first-order valence-corrected chi connectivity index (χ1v) is 8.97. The molecule has 3 aromatic rings. The number of hydrogen-bond donors (Lipinski definition) is 3. The largest absolute Gasteiger partial charge is 0.340 e. The number of para-hydroxylation sites is 1. The fourth-order valence-electron chi connectivity index (χ4n) is 3.38. The van der Waals surface area contributed by atoms with Gasteiger partial charge in [-0.25, -0.2) is 4.98 Å². The van der Waals surface area contributed by atoms with E-state index in [0.29, 0.717) is 12.2 Å². The molecule has 0 bridgehead atoms. The quantitative estimate of drug-likeness (QED) is 0.649. The highest BCUT2D eigenvalue weighted by Gasteiger charge is 2.34. The van der Waals surface area contributed by atoms with Gasteiger partial charge in [0.15, 0.2) is 0 Å². The third kappa shape index (κ3) is 3.98. The van der Waals surface area contributed by atoms with Gasteiger partial charge in [0.25, 0.3) is 0 Å². The lowest BCUT2D eigenvalue weighted by molar-refractivity contribution is -0.119. The number of benzene rings is 1. The van der Waals surface area contributed by atoms with Gasteiger partial charge in [-0.3, -0.25) is 9.48 Å². The summed E-state index contributed by atoms with van der Waals surface area (Å²) in [5.74, 6) is 0.733. The molecule has 1 fully saturated rings. The molecule has 1 aromatic carbocycles. The number of amides is 1. The van der Waals surface area contributed by atoms with E-state index >= 15 is 0 Å². The van der Waals surface area contributed by atoms with Gasteiger partial charge in [0.2, 0.25) is 5.91 Å². The van der Waals surface area contributed by atoms with Crippen LogP contribution in [0.15, 0.2) is 61.1 Å². The van der Waals surface area contributed by atoms with Gasteiger partial charge >= 0.3 is 0 Å². The van der Waals surface area contributed by atoms with Crippen LogP contribution in [0.4, 0.5) is 17.2 Å². The van der Waals surface area contributed by atoms with Crippen molar-refractivity contribution in [3.8, 4) is 0 Å². The third-order valence-electron chi connectivity index (χ3n) is 4.78. The van der Waals surface area contributed by atoms with Crippen LogP contribution in [0.3, 0.4) is 0 Å². The highest BCUT2D eigenvalue weighted by molar-refractivity contribution is 5.93. The Balaban J connectivity index is 1.40. The van der Waals surface area contributed by atoms with Crippen molar-refractivity contribution < 1.29 is 4.79 Å². The minimum atomic E-state index is -0.128. The van der Waals surface area contributed by atoms with Crippen LogP contribution in [0.1, 0.15) is 11.5 Å². The Morgan fingerprint density at radius 2 is 1.96 bits per heavy atom. The molecular formula is C20H22N6O. The van der Waals surface area contributed by atoms with Gasteiger partial charge in [0, 0.05) is 37.9 Å². The van der Waals surface area contributed by atoms with Gasteiger partial charge in [0.05, 0.1) is 24.0 Å². The van der Waals surface area contributed by atoms with Crippen LogP contribution < -0.4 is 16.0 Å². The molecule has 0 saturated carbocycles. The van der Waals surface area contributed by atoms with Gasteiger partial charge in [-0.2, -0.15) is 5.10 Å². The zero-order valence-electron chi connectivity index (χ0n) is 15.1. The number of aromatic nitrogens is 3. The summed E-state index contributed by atoms with van der Waals surface area (Å²) in [5, 5.41) is 13.7. The second kappa shape index (κ2) is 7.59. The molecule has 3 N–H and O–H groups in total. The molecule has 3 heterocycles. The normalized spacial score (nSPS) is 19.0. The summed E-state index contributed by atoms with van der Waals surface area (Å²) in [4.78, 5) is 17.1. The van der Waals surface area contributed by atoms with Crippen molar-refractivity contribution in [2.75, 3.05) is 23.7 Å². The van der Waals surface area contributed by atoms with Gasteiger partial charge in [0.1, 0.15) is 5.82 Å². The van der Waals surface area contributed by atoms with Gasteiger partial charge in [-0.1, -0.05) is 18.2 Å². The molecule has 7 nitrogen and oxygen atoms in total. The Labute approximate surface area is 157 Å². The maximum absolute atomic E-state index is 12.8. The first-order chi connectivity index (χ1) is 13.2. The Hall–Kier alpha value is -3.19. The summed E-state index contributed by atoms with van der Waals surface area (Å²) in [6.07, 6.45) is 5.48. The van der Waals surface area contributed by atoms with Crippen LogP contribution in [0.5, 0.6) is 0 Å². The molecule has 0 spiro atoms. The lowest BCUT2D eigenvalue weighted by Crippen LogP contribution is -2.28. The number of rotatable bonds is 5. The monoisotopic (exact) mass is 362 g/mol. The number of hydrogen-bond acceptors (Lipinski definition) is 5. The molecule has 0 radical (unpaired) electrons. The molecule has 138 valence electrons. The predicted molar refractivity (Wildman–Crippen MR) is 105 cm³/mol. The summed E-state index contributed by atoms with van der Waals surface area (Å²) in [6, 6.07) is 13.6. The van der Waals surface area contributed by atoms with E-state index < -0.39 is 0 Å². The SMILES string of the molecule is Cn1cc([C@H]2CNC[C@@H]2C(=O)Nc2ccc(Nc3ccccc3)nc2)cn1. The van der Waals surface area contributed by atoms with E-state index in [2.05, 4.69) is 26.0 Å². The fourth-order valence-corrected chi connectivity index (χ4v) is 3.38. The van der Waals surface area contributed by atoms with Crippen LogP contribution in [-0.4, -0.2) is 33.8 Å². The average molecular weight is 362 g/mol. The van der Waals surface area contributed by atoms with Crippen molar-refractivity contribution in [3.63, 3.8) is 0 Å². The predicted octanol–water partition coefficient (Wildman–Crippen LogP) is 2.50. The smallest absolute Gasteiger partial charge is 0.229 e. The summed E-state index contributed by atoms with van der Waals surface area (Å²) < 4.78 is 1.77. The number of aryl methyl sites for hydroxylation is 1. The summed E-state index contributed by atoms with van der Waals surface area (Å²) in [5.41, 5.74) is 2.75. The molecule has 0 unspecified atom stereocenters. The van der Waals surface area contributed by atoms with E-state index in [-0.39, 0.29) is 17.7 Å². The van der Waals surface area contributed by atoms with Crippen molar-refractivity contribution >= 4 is 23.1 Å². The molecule has 27 heavy (non-hydrogen) atoms. The maximum atomic E-state index is 12.8. The first kappa shape index (κ1) is 17.2. The Morgan fingerprint density at radius 1 is 1.11 bits per heavy atom. The highest BCUT2D eigenvalue weighted by Crippen LogP contribution is 2.29. The molecule has 1 aliphatic rings. The summed E-state index contributed by atoms with van der Waals surface area (Å²) in [6.45, 7) is 1.44. The second-order valence-electron chi connectivity index (χ2n) is 6.73. The number of nitrogens with zero attached hydrogens (tertiary/aromatic N) is 3. The lowest BCUT2D eigenvalue weighted by atomic mass is 9.90. The number of carbonyl (C=O) groups excluding carboxylic acids is 1. The summed E-state index contributed by atoms with van der Waals surface area (Å²) >= 11 is 0. The van der Waals surface area contributed by atoms with Crippen LogP contribution in [0.2, 0.25) is 0 Å². The van der Waals surface area contributed by atoms with E-state index in [0.717, 1.165) is 23.6 Å². The average Bonchev–Trinajstić information content (AvgIpc) is 3.33. The van der Waals surface area contributed by atoms with Crippen LogP contribution in [0, 0.1) is 5.92 Å². The molecule has 1 saturated heterocycles. The molecule has 0 aliphatic carbocycles. The molecule has 2 aromatic heterocycles. The van der Waals surface area contributed by atoms with Gasteiger partial charge in [-0.05, 0) is 29.8 Å². The van der Waals surface area contributed by atoms with E-state index in [1.54, 1.807) is 10.9 Å². The van der Waals surface area contributed by atoms with Crippen LogP contribution >= 0.6 is 0 Å². The minimum absolute atomic E-state index is 0.000536.